The molecule has 0 bridgehead atoms. The van der Waals surface area contributed by atoms with Crippen LogP contribution in [0.2, 0.25) is 10.0 Å². The van der Waals surface area contributed by atoms with Gasteiger partial charge in [-0.25, -0.2) is 4.79 Å². The van der Waals surface area contributed by atoms with Crippen molar-refractivity contribution in [1.29, 1.82) is 0 Å². The number of nitrogen functional groups attached to an aromatic ring is 1. The number of ether oxygens (including phenoxy) is 1. The van der Waals surface area contributed by atoms with Gasteiger partial charge >= 0.3 is 5.97 Å². The van der Waals surface area contributed by atoms with E-state index in [-0.39, 0.29) is 22.2 Å². The molecule has 2 aromatic rings. The first kappa shape index (κ1) is 13.7. The smallest absolute Gasteiger partial charge is 0.340 e. The van der Waals surface area contributed by atoms with E-state index < -0.39 is 5.97 Å². The third kappa shape index (κ3) is 3.19. The minimum Gasteiger partial charge on any atom is -0.455 e. The van der Waals surface area contributed by atoms with Gasteiger partial charge in [0.15, 0.2) is 0 Å². The topological polar surface area (TPSA) is 70.1 Å². The molecule has 0 saturated carbocycles. The number of aryl methyl sites for hydroxylation is 1. The Balaban J connectivity index is 2.12. The average molecular weight is 300 g/mol. The van der Waals surface area contributed by atoms with Gasteiger partial charge < -0.3 is 10.5 Å². The van der Waals surface area contributed by atoms with E-state index in [1.165, 1.54) is 12.1 Å². The predicted octanol–water partition coefficient (Wildman–Crippen LogP) is 2.67. The molecule has 0 amide bonds. The van der Waals surface area contributed by atoms with Crippen molar-refractivity contribution in [3.8, 4) is 0 Å². The SMILES string of the molecule is Cn1ccc(COC(=O)c2cc(N)cc(Cl)c2Cl)n1. The number of carbonyl (C=O) groups excluding carboxylic acids is 1. The van der Waals surface area contributed by atoms with Crippen molar-refractivity contribution < 1.29 is 9.53 Å². The van der Waals surface area contributed by atoms with E-state index in [4.69, 9.17) is 33.7 Å². The van der Waals surface area contributed by atoms with Crippen LogP contribution in [0.4, 0.5) is 5.69 Å². The maximum atomic E-state index is 11.9. The van der Waals surface area contributed by atoms with Crippen molar-refractivity contribution in [1.82, 2.24) is 9.78 Å². The van der Waals surface area contributed by atoms with Gasteiger partial charge in [-0.1, -0.05) is 23.2 Å². The zero-order valence-corrected chi connectivity index (χ0v) is 11.6. The summed E-state index contributed by atoms with van der Waals surface area (Å²) in [5, 5.41) is 4.43. The molecule has 2 N–H and O–H groups in total. The minimum atomic E-state index is -0.593. The van der Waals surface area contributed by atoms with Crippen molar-refractivity contribution >= 4 is 34.9 Å². The van der Waals surface area contributed by atoms with Crippen LogP contribution in [-0.2, 0) is 18.4 Å². The molecule has 5 nitrogen and oxygen atoms in total. The zero-order chi connectivity index (χ0) is 14.0. The maximum absolute atomic E-state index is 11.9. The summed E-state index contributed by atoms with van der Waals surface area (Å²) in [4.78, 5) is 11.9. The van der Waals surface area contributed by atoms with Crippen LogP contribution >= 0.6 is 23.2 Å². The molecule has 0 spiro atoms. The molecule has 1 aromatic heterocycles. The van der Waals surface area contributed by atoms with Crippen LogP contribution in [0, 0.1) is 0 Å². The van der Waals surface area contributed by atoms with E-state index in [0.29, 0.717) is 11.4 Å². The van der Waals surface area contributed by atoms with Crippen molar-refractivity contribution in [2.75, 3.05) is 5.73 Å². The molecule has 0 aliphatic carbocycles. The Labute approximate surface area is 119 Å². The molecule has 0 atom stereocenters. The third-order valence-electron chi connectivity index (χ3n) is 2.39. The van der Waals surface area contributed by atoms with Crippen molar-refractivity contribution in [3.05, 3.63) is 45.7 Å². The standard InChI is InChI=1S/C12H11Cl2N3O2/c1-17-3-2-8(16-17)6-19-12(18)9-4-7(15)5-10(13)11(9)14/h2-5H,6,15H2,1H3. The number of rotatable bonds is 3. The van der Waals surface area contributed by atoms with Gasteiger partial charge in [0.1, 0.15) is 6.61 Å². The number of halogens is 2. The van der Waals surface area contributed by atoms with Crippen LogP contribution in [-0.4, -0.2) is 15.7 Å². The second-order valence-corrected chi connectivity index (χ2v) is 4.71. The summed E-state index contributed by atoms with van der Waals surface area (Å²) in [5.41, 5.74) is 6.74. The molecule has 100 valence electrons. The molecule has 19 heavy (non-hydrogen) atoms. The molecule has 1 aromatic carbocycles. The normalized spacial score (nSPS) is 10.5. The largest absolute Gasteiger partial charge is 0.455 e. The Morgan fingerprint density at radius 2 is 2.21 bits per heavy atom. The second kappa shape index (κ2) is 5.50. The van der Waals surface area contributed by atoms with Crippen LogP contribution in [0.25, 0.3) is 0 Å². The summed E-state index contributed by atoms with van der Waals surface area (Å²) in [6, 6.07) is 4.65. The first-order chi connectivity index (χ1) is 8.97. The number of benzene rings is 1. The van der Waals surface area contributed by atoms with E-state index in [0.717, 1.165) is 0 Å². The fourth-order valence-corrected chi connectivity index (χ4v) is 1.93. The molecule has 0 fully saturated rings. The summed E-state index contributed by atoms with van der Waals surface area (Å²) in [6.45, 7) is 0.0580. The van der Waals surface area contributed by atoms with E-state index >= 15 is 0 Å². The monoisotopic (exact) mass is 299 g/mol. The highest BCUT2D eigenvalue weighted by Crippen LogP contribution is 2.29. The fraction of sp³-hybridized carbons (Fsp3) is 0.167. The third-order valence-corrected chi connectivity index (χ3v) is 3.19. The van der Waals surface area contributed by atoms with Crippen molar-refractivity contribution in [3.63, 3.8) is 0 Å². The fourth-order valence-electron chi connectivity index (χ4n) is 1.52. The molecule has 7 heteroatoms. The lowest BCUT2D eigenvalue weighted by Crippen LogP contribution is -2.07. The lowest BCUT2D eigenvalue weighted by molar-refractivity contribution is 0.0467. The highest BCUT2D eigenvalue weighted by atomic mass is 35.5. The maximum Gasteiger partial charge on any atom is 0.340 e. The zero-order valence-electron chi connectivity index (χ0n) is 10.1. The molecule has 0 aliphatic heterocycles. The van der Waals surface area contributed by atoms with Gasteiger partial charge in [-0.3, -0.25) is 4.68 Å². The first-order valence-corrected chi connectivity index (χ1v) is 6.13. The number of aromatic nitrogens is 2. The van der Waals surface area contributed by atoms with Crippen molar-refractivity contribution in [2.45, 2.75) is 6.61 Å². The Bertz CT molecular complexity index is 625. The lowest BCUT2D eigenvalue weighted by atomic mass is 10.2. The van der Waals surface area contributed by atoms with Gasteiger partial charge in [-0.2, -0.15) is 5.10 Å². The quantitative estimate of drug-likeness (QED) is 0.699. The Kier molecular flexibility index (Phi) is 3.97. The molecular formula is C12H11Cl2N3O2. The number of esters is 1. The molecule has 0 unspecified atom stereocenters. The minimum absolute atomic E-state index is 0.0580. The van der Waals surface area contributed by atoms with E-state index in [1.54, 1.807) is 24.0 Å². The Morgan fingerprint density at radius 3 is 2.84 bits per heavy atom. The molecule has 2 rings (SSSR count). The van der Waals surface area contributed by atoms with Crippen LogP contribution in [0.5, 0.6) is 0 Å². The average Bonchev–Trinajstić information content (AvgIpc) is 2.76. The van der Waals surface area contributed by atoms with Crippen LogP contribution in [0.3, 0.4) is 0 Å². The van der Waals surface area contributed by atoms with Crippen LogP contribution in [0.15, 0.2) is 24.4 Å². The van der Waals surface area contributed by atoms with Gasteiger partial charge in [0.25, 0.3) is 0 Å². The van der Waals surface area contributed by atoms with Crippen molar-refractivity contribution in [2.24, 2.45) is 7.05 Å². The Morgan fingerprint density at radius 1 is 1.47 bits per heavy atom. The summed E-state index contributed by atoms with van der Waals surface area (Å²) in [5.74, 6) is -0.593. The number of hydrogen-bond acceptors (Lipinski definition) is 4. The van der Waals surface area contributed by atoms with Gasteiger partial charge in [0.2, 0.25) is 0 Å². The lowest BCUT2D eigenvalue weighted by Gasteiger charge is -2.07. The molecule has 0 saturated heterocycles. The molecular weight excluding hydrogens is 289 g/mol. The number of carbonyl (C=O) groups is 1. The molecule has 0 aliphatic rings. The van der Waals surface area contributed by atoms with Gasteiger partial charge in [0.05, 0.1) is 21.3 Å². The Hall–Kier alpha value is -1.72. The predicted molar refractivity (Wildman–Crippen MR) is 73.2 cm³/mol. The van der Waals surface area contributed by atoms with E-state index in [2.05, 4.69) is 5.10 Å². The molecule has 1 heterocycles. The number of hydrogen-bond donors (Lipinski definition) is 1. The number of nitrogens with two attached hydrogens (primary N) is 1. The summed E-state index contributed by atoms with van der Waals surface area (Å²) in [6.07, 6.45) is 1.76. The van der Waals surface area contributed by atoms with Gasteiger partial charge in [-0.05, 0) is 18.2 Å². The highest BCUT2D eigenvalue weighted by molar-refractivity contribution is 6.44. The van der Waals surface area contributed by atoms with Gasteiger partial charge in [-0.15, -0.1) is 0 Å². The van der Waals surface area contributed by atoms with Crippen LogP contribution < -0.4 is 5.73 Å². The second-order valence-electron chi connectivity index (χ2n) is 3.92. The van der Waals surface area contributed by atoms with E-state index in [1.807, 2.05) is 0 Å². The molecule has 0 radical (unpaired) electrons. The number of anilines is 1. The first-order valence-electron chi connectivity index (χ1n) is 5.37. The van der Waals surface area contributed by atoms with Crippen LogP contribution in [0.1, 0.15) is 16.1 Å². The summed E-state index contributed by atoms with van der Waals surface area (Å²) < 4.78 is 6.72. The summed E-state index contributed by atoms with van der Waals surface area (Å²) in [7, 11) is 1.78. The highest BCUT2D eigenvalue weighted by Gasteiger charge is 2.16. The van der Waals surface area contributed by atoms with Gasteiger partial charge in [0, 0.05) is 18.9 Å². The summed E-state index contributed by atoms with van der Waals surface area (Å²) >= 11 is 11.8. The van der Waals surface area contributed by atoms with E-state index in [9.17, 15) is 4.79 Å². The number of nitrogens with zero attached hydrogens (tertiary/aromatic N) is 2.